The minimum Gasteiger partial charge on any atom is -0.322 e. The predicted molar refractivity (Wildman–Crippen MR) is 99.8 cm³/mol. The molecule has 0 saturated carbocycles. The molecule has 144 valence electrons. The van der Waals surface area contributed by atoms with Crippen LogP contribution in [0.4, 0.5) is 0 Å². The molecule has 2 saturated heterocycles. The number of carbonyl (C=O) groups is 3. The lowest BCUT2D eigenvalue weighted by Gasteiger charge is -2.29. The molecule has 2 fully saturated rings. The second-order valence-corrected chi connectivity index (χ2v) is 7.67. The summed E-state index contributed by atoms with van der Waals surface area (Å²) in [5.74, 6) is -0.720. The zero-order valence-corrected chi connectivity index (χ0v) is 15.7. The highest BCUT2D eigenvalue weighted by Crippen LogP contribution is 2.31. The summed E-state index contributed by atoms with van der Waals surface area (Å²) < 4.78 is 0. The average Bonchev–Trinajstić information content (AvgIpc) is 3.21. The molecule has 0 radical (unpaired) electrons. The summed E-state index contributed by atoms with van der Waals surface area (Å²) in [6, 6.07) is 5.84. The van der Waals surface area contributed by atoms with Crippen molar-refractivity contribution in [3.8, 4) is 0 Å². The number of hydrogen-bond donors (Lipinski definition) is 2. The smallest absolute Gasteiger partial charge is 0.255 e. The van der Waals surface area contributed by atoms with Gasteiger partial charge in [0.25, 0.3) is 5.91 Å². The highest BCUT2D eigenvalue weighted by Gasteiger charge is 2.40. The summed E-state index contributed by atoms with van der Waals surface area (Å²) in [6.07, 6.45) is 3.07. The minimum atomic E-state index is -0.556. The van der Waals surface area contributed by atoms with Gasteiger partial charge in [0.2, 0.25) is 11.8 Å². The predicted octanol–water partition coefficient (Wildman–Crippen LogP) is 0.631. The van der Waals surface area contributed by atoms with Gasteiger partial charge in [-0.2, -0.15) is 0 Å². The van der Waals surface area contributed by atoms with Crippen molar-refractivity contribution in [2.24, 2.45) is 0 Å². The molecular formula is C20H26N4O3. The molecular weight excluding hydrogens is 344 g/mol. The molecule has 7 heteroatoms. The van der Waals surface area contributed by atoms with Gasteiger partial charge in [-0.3, -0.25) is 24.6 Å². The van der Waals surface area contributed by atoms with Crippen molar-refractivity contribution in [3.05, 3.63) is 34.9 Å². The number of carbonyl (C=O) groups excluding carboxylic acids is 3. The third-order valence-corrected chi connectivity index (χ3v) is 5.99. The van der Waals surface area contributed by atoms with E-state index >= 15 is 0 Å². The van der Waals surface area contributed by atoms with Crippen molar-refractivity contribution in [1.82, 2.24) is 20.4 Å². The summed E-state index contributed by atoms with van der Waals surface area (Å²) in [6.45, 7) is 3.31. The Labute approximate surface area is 159 Å². The van der Waals surface area contributed by atoms with Crippen molar-refractivity contribution in [3.63, 3.8) is 0 Å². The van der Waals surface area contributed by atoms with E-state index in [1.54, 1.807) is 4.90 Å². The fourth-order valence-electron chi connectivity index (χ4n) is 4.59. The Hall–Kier alpha value is -2.25. The van der Waals surface area contributed by atoms with Gasteiger partial charge in [0.05, 0.1) is 0 Å². The number of fused-ring (bicyclic) bond motifs is 1. The van der Waals surface area contributed by atoms with Crippen molar-refractivity contribution in [2.45, 2.75) is 50.9 Å². The van der Waals surface area contributed by atoms with Gasteiger partial charge >= 0.3 is 0 Å². The van der Waals surface area contributed by atoms with Crippen LogP contribution in [-0.2, 0) is 22.7 Å². The van der Waals surface area contributed by atoms with E-state index in [1.807, 2.05) is 19.2 Å². The molecule has 7 nitrogen and oxygen atoms in total. The first-order valence-corrected chi connectivity index (χ1v) is 9.72. The Balaban J connectivity index is 1.54. The third kappa shape index (κ3) is 3.37. The van der Waals surface area contributed by atoms with Gasteiger partial charge in [0.15, 0.2) is 0 Å². The van der Waals surface area contributed by atoms with E-state index in [-0.39, 0.29) is 24.1 Å². The Bertz CT molecular complexity index is 778. The van der Waals surface area contributed by atoms with Gasteiger partial charge in [-0.25, -0.2) is 0 Å². The van der Waals surface area contributed by atoms with Crippen molar-refractivity contribution in [1.29, 1.82) is 0 Å². The number of nitrogens with one attached hydrogen (secondary N) is 2. The average molecular weight is 370 g/mol. The quantitative estimate of drug-likeness (QED) is 0.743. The molecule has 27 heavy (non-hydrogen) atoms. The summed E-state index contributed by atoms with van der Waals surface area (Å²) in [7, 11) is 1.98. The van der Waals surface area contributed by atoms with Crippen LogP contribution in [0.1, 0.15) is 47.2 Å². The first-order chi connectivity index (χ1) is 13.1. The van der Waals surface area contributed by atoms with Gasteiger partial charge in [0.1, 0.15) is 6.04 Å². The third-order valence-electron chi connectivity index (χ3n) is 5.99. The Morgan fingerprint density at radius 2 is 2.07 bits per heavy atom. The van der Waals surface area contributed by atoms with E-state index in [1.165, 1.54) is 18.4 Å². The fraction of sp³-hybridized carbons (Fsp3) is 0.550. The van der Waals surface area contributed by atoms with Gasteiger partial charge in [-0.1, -0.05) is 12.1 Å². The van der Waals surface area contributed by atoms with Crippen molar-refractivity contribution < 1.29 is 14.4 Å². The second-order valence-electron chi connectivity index (χ2n) is 7.67. The summed E-state index contributed by atoms with van der Waals surface area (Å²) in [5.41, 5.74) is 2.89. The number of nitrogens with zero attached hydrogens (tertiary/aromatic N) is 2. The van der Waals surface area contributed by atoms with E-state index < -0.39 is 6.04 Å². The van der Waals surface area contributed by atoms with Crippen LogP contribution in [0.3, 0.4) is 0 Å². The molecule has 3 heterocycles. The van der Waals surface area contributed by atoms with Crippen LogP contribution in [0.2, 0.25) is 0 Å². The molecule has 0 spiro atoms. The molecule has 3 aliphatic heterocycles. The van der Waals surface area contributed by atoms with Crippen LogP contribution in [0.25, 0.3) is 0 Å². The summed E-state index contributed by atoms with van der Waals surface area (Å²) >= 11 is 0. The standard InChI is InChI=1S/C20H26N4O3/c1-21-10-14-5-3-9-23(14)11-13-4-2-6-15-16(13)12-24(20(15)27)17-7-8-18(25)22-19(17)26/h2,4,6,14,17,21H,3,5,7-12H2,1H3,(H,22,25,26). The SMILES string of the molecule is CNCC1CCCN1Cc1cccc2c1CN(C1CCC(=O)NC1=O)C2=O. The maximum Gasteiger partial charge on any atom is 0.255 e. The molecule has 2 N–H and O–H groups in total. The van der Waals surface area contributed by atoms with Crippen LogP contribution in [0.15, 0.2) is 18.2 Å². The lowest BCUT2D eigenvalue weighted by Crippen LogP contribution is -2.52. The minimum absolute atomic E-state index is 0.102. The first-order valence-electron chi connectivity index (χ1n) is 9.72. The van der Waals surface area contributed by atoms with E-state index in [2.05, 4.69) is 21.6 Å². The Morgan fingerprint density at radius 3 is 2.85 bits per heavy atom. The van der Waals surface area contributed by atoms with Gasteiger partial charge in [0, 0.05) is 37.7 Å². The highest BCUT2D eigenvalue weighted by atomic mass is 16.2. The van der Waals surface area contributed by atoms with Gasteiger partial charge in [-0.05, 0) is 50.0 Å². The zero-order valence-electron chi connectivity index (χ0n) is 15.7. The van der Waals surface area contributed by atoms with Gasteiger partial charge < -0.3 is 10.2 Å². The number of rotatable bonds is 5. The van der Waals surface area contributed by atoms with E-state index in [0.717, 1.165) is 25.2 Å². The maximum absolute atomic E-state index is 12.9. The number of amides is 3. The van der Waals surface area contributed by atoms with Gasteiger partial charge in [-0.15, -0.1) is 0 Å². The van der Waals surface area contributed by atoms with Crippen LogP contribution in [0.5, 0.6) is 0 Å². The number of likely N-dealkylation sites (N-methyl/N-ethyl adjacent to an activating group) is 1. The molecule has 1 aromatic carbocycles. The van der Waals surface area contributed by atoms with Crippen LogP contribution in [-0.4, -0.2) is 59.7 Å². The Morgan fingerprint density at radius 1 is 1.22 bits per heavy atom. The molecule has 1 aromatic rings. The lowest BCUT2D eigenvalue weighted by molar-refractivity contribution is -0.136. The maximum atomic E-state index is 12.9. The van der Waals surface area contributed by atoms with Crippen molar-refractivity contribution in [2.75, 3.05) is 20.1 Å². The van der Waals surface area contributed by atoms with Crippen LogP contribution < -0.4 is 10.6 Å². The molecule has 4 rings (SSSR count). The normalized spacial score (nSPS) is 25.8. The number of benzene rings is 1. The molecule has 0 aromatic heterocycles. The molecule has 3 aliphatic rings. The number of imide groups is 1. The second kappa shape index (κ2) is 7.40. The number of hydrogen-bond acceptors (Lipinski definition) is 5. The molecule has 2 atom stereocenters. The molecule has 0 bridgehead atoms. The Kier molecular flexibility index (Phi) is 4.97. The number of piperidine rings is 1. The zero-order chi connectivity index (χ0) is 19.0. The molecule has 2 unspecified atom stereocenters. The van der Waals surface area contributed by atoms with Crippen molar-refractivity contribution >= 4 is 17.7 Å². The largest absolute Gasteiger partial charge is 0.322 e. The summed E-state index contributed by atoms with van der Waals surface area (Å²) in [4.78, 5) is 40.7. The van der Waals surface area contributed by atoms with E-state index in [0.29, 0.717) is 24.6 Å². The fourth-order valence-corrected chi connectivity index (χ4v) is 4.59. The highest BCUT2D eigenvalue weighted by molar-refractivity contribution is 6.05. The lowest BCUT2D eigenvalue weighted by atomic mass is 10.0. The molecule has 3 amide bonds. The van der Waals surface area contributed by atoms with E-state index in [4.69, 9.17) is 0 Å². The first kappa shape index (κ1) is 18.1. The number of likely N-dealkylation sites (tertiary alicyclic amines) is 1. The molecule has 0 aliphatic carbocycles. The van der Waals surface area contributed by atoms with Crippen LogP contribution in [0, 0.1) is 0 Å². The van der Waals surface area contributed by atoms with Crippen LogP contribution >= 0.6 is 0 Å². The van der Waals surface area contributed by atoms with E-state index in [9.17, 15) is 14.4 Å². The monoisotopic (exact) mass is 370 g/mol. The topological polar surface area (TPSA) is 81.8 Å². The summed E-state index contributed by atoms with van der Waals surface area (Å²) in [5, 5.41) is 5.63.